The van der Waals surface area contributed by atoms with Crippen LogP contribution in [0.25, 0.3) is 0 Å². The summed E-state index contributed by atoms with van der Waals surface area (Å²) in [5.74, 6) is 0. The van der Waals surface area contributed by atoms with Crippen molar-refractivity contribution in [2.45, 2.75) is 30.8 Å². The van der Waals surface area contributed by atoms with E-state index in [1.807, 2.05) is 0 Å². The molecule has 0 bridgehead atoms. The fraction of sp³-hybridized carbons (Fsp3) is 1.00. The maximum absolute atomic E-state index is 2.34. The van der Waals surface area contributed by atoms with E-state index in [2.05, 4.69) is 25.9 Å². The molecule has 0 spiro atoms. The highest BCUT2D eigenvalue weighted by Gasteiger charge is 2.13. The van der Waals surface area contributed by atoms with Gasteiger partial charge in [-0.05, 0) is 27.1 Å². The molecule has 0 amide bonds. The maximum Gasteiger partial charge on any atom is 0.00622 e. The second-order valence-corrected chi connectivity index (χ2v) is 11.3. The first-order chi connectivity index (χ1) is 4.98. The third-order valence-corrected chi connectivity index (χ3v) is 4.83. The summed E-state index contributed by atoms with van der Waals surface area (Å²) in [6.07, 6.45) is 4.28. The molecule has 0 aliphatic heterocycles. The lowest BCUT2D eigenvalue weighted by molar-refractivity contribution is 0.387. The van der Waals surface area contributed by atoms with Gasteiger partial charge in [0.15, 0.2) is 0 Å². The molecule has 0 rings (SSSR count). The number of hydrogen-bond acceptors (Lipinski definition) is 1. The molecule has 1 nitrogen and oxygen atoms in total. The maximum atomic E-state index is 2.34. The topological polar surface area (TPSA) is 3.24 Å². The molecule has 0 saturated heterocycles. The Kier molecular flexibility index (Phi) is 5.30. The van der Waals surface area contributed by atoms with E-state index in [9.17, 15) is 0 Å². The Hall–Kier alpha value is 0.394. The van der Waals surface area contributed by atoms with Gasteiger partial charge in [0, 0.05) is 20.5 Å². The number of nitrogens with zero attached hydrogens (tertiary/aromatic N) is 1. The lowest BCUT2D eigenvalue weighted by Crippen LogP contribution is -2.17. The Morgan fingerprint density at radius 3 is 2.18 bits per heavy atom. The van der Waals surface area contributed by atoms with Gasteiger partial charge in [0.2, 0.25) is 0 Å². The van der Waals surface area contributed by atoms with Crippen LogP contribution in [0.2, 0.25) is 4.66 Å². The molecule has 0 radical (unpaired) electrons. The highest BCUT2D eigenvalue weighted by atomic mass is 28.2. The minimum atomic E-state index is 0.829. The van der Waals surface area contributed by atoms with Crippen LogP contribution in [0.5, 0.6) is 0 Å². The second kappa shape index (κ2) is 5.11. The van der Waals surface area contributed by atoms with Gasteiger partial charge in [-0.15, -0.1) is 0 Å². The Bertz CT molecular complexity index is 102. The average molecular weight is 189 g/mol. The van der Waals surface area contributed by atoms with Crippen LogP contribution in [0.4, 0.5) is 0 Å². The van der Waals surface area contributed by atoms with Crippen LogP contribution in [0.1, 0.15) is 26.2 Å². The summed E-state index contributed by atoms with van der Waals surface area (Å²) in [5.41, 5.74) is 0. The van der Waals surface area contributed by atoms with Crippen LogP contribution in [0.3, 0.4) is 0 Å². The molecule has 0 aromatic carbocycles. The Labute approximate surface area is 77.4 Å². The predicted octanol–water partition coefficient (Wildman–Crippen LogP) is -0.415. The molecule has 0 N–H and O–H groups in total. The molecular formula is C8H23NSi2. The molecule has 0 aliphatic rings. The standard InChI is InChI=1S/C8H23NSi2/c1-4-8(10,11)6-5-7-9(2)3/h4-7H2,1-3,10-11H3. The summed E-state index contributed by atoms with van der Waals surface area (Å²) in [6, 6.07) is 0. The van der Waals surface area contributed by atoms with Crippen molar-refractivity contribution >= 4 is 20.5 Å². The van der Waals surface area contributed by atoms with Gasteiger partial charge in [-0.2, -0.15) is 0 Å². The summed E-state index contributed by atoms with van der Waals surface area (Å²) < 4.78 is 0.829. The van der Waals surface area contributed by atoms with Crippen LogP contribution in [0.15, 0.2) is 0 Å². The molecule has 0 unspecified atom stereocenters. The Morgan fingerprint density at radius 1 is 1.27 bits per heavy atom. The molecule has 3 heteroatoms. The van der Waals surface area contributed by atoms with E-state index in [4.69, 9.17) is 0 Å². The SMILES string of the molecule is CCC([SiH3])([SiH3])CCCN(C)C. The quantitative estimate of drug-likeness (QED) is 0.531. The van der Waals surface area contributed by atoms with E-state index in [1.165, 1.54) is 46.3 Å². The smallest absolute Gasteiger partial charge is 0.00622 e. The van der Waals surface area contributed by atoms with Crippen LogP contribution in [-0.4, -0.2) is 46.0 Å². The van der Waals surface area contributed by atoms with Crippen molar-refractivity contribution in [3.05, 3.63) is 0 Å². The largest absolute Gasteiger partial charge is 0.309 e. The molecule has 0 heterocycles. The lowest BCUT2D eigenvalue weighted by Gasteiger charge is -2.23. The first-order valence-electron chi connectivity index (χ1n) is 4.62. The monoisotopic (exact) mass is 189 g/mol. The van der Waals surface area contributed by atoms with Crippen LogP contribution in [-0.2, 0) is 0 Å². The number of rotatable bonds is 5. The van der Waals surface area contributed by atoms with E-state index in [0.717, 1.165) is 4.66 Å². The van der Waals surface area contributed by atoms with Crippen molar-refractivity contribution in [2.24, 2.45) is 0 Å². The zero-order valence-corrected chi connectivity index (χ0v) is 12.8. The Balaban J connectivity index is 3.38. The van der Waals surface area contributed by atoms with Gasteiger partial charge in [-0.3, -0.25) is 0 Å². The number of hydrogen-bond donors (Lipinski definition) is 0. The van der Waals surface area contributed by atoms with Crippen molar-refractivity contribution < 1.29 is 0 Å². The molecule has 0 aliphatic carbocycles. The van der Waals surface area contributed by atoms with E-state index < -0.39 is 0 Å². The molecule has 0 aromatic rings. The van der Waals surface area contributed by atoms with Crippen molar-refractivity contribution in [1.29, 1.82) is 0 Å². The van der Waals surface area contributed by atoms with E-state index >= 15 is 0 Å². The summed E-state index contributed by atoms with van der Waals surface area (Å²) >= 11 is 0. The first-order valence-corrected chi connectivity index (χ1v) is 6.62. The van der Waals surface area contributed by atoms with Crippen molar-refractivity contribution in [1.82, 2.24) is 4.90 Å². The van der Waals surface area contributed by atoms with Crippen molar-refractivity contribution in [3.8, 4) is 0 Å². The van der Waals surface area contributed by atoms with Gasteiger partial charge in [0.25, 0.3) is 0 Å². The third-order valence-electron chi connectivity index (χ3n) is 2.42. The Morgan fingerprint density at radius 2 is 1.82 bits per heavy atom. The van der Waals surface area contributed by atoms with Crippen LogP contribution >= 0.6 is 0 Å². The van der Waals surface area contributed by atoms with Gasteiger partial charge >= 0.3 is 0 Å². The van der Waals surface area contributed by atoms with Crippen LogP contribution < -0.4 is 0 Å². The van der Waals surface area contributed by atoms with E-state index in [1.54, 1.807) is 0 Å². The molecular weight excluding hydrogens is 166 g/mol. The highest BCUT2D eigenvalue weighted by Crippen LogP contribution is 2.26. The van der Waals surface area contributed by atoms with Crippen molar-refractivity contribution in [2.75, 3.05) is 20.6 Å². The van der Waals surface area contributed by atoms with Gasteiger partial charge < -0.3 is 4.90 Å². The van der Waals surface area contributed by atoms with E-state index in [0.29, 0.717) is 0 Å². The zero-order valence-electron chi connectivity index (χ0n) is 8.78. The molecule has 0 fully saturated rings. The average Bonchev–Trinajstić information content (AvgIpc) is 1.87. The molecule has 68 valence electrons. The van der Waals surface area contributed by atoms with E-state index in [-0.39, 0.29) is 0 Å². The molecule has 0 aromatic heterocycles. The molecule has 0 saturated carbocycles. The van der Waals surface area contributed by atoms with Gasteiger partial charge in [-0.1, -0.05) is 24.4 Å². The fourth-order valence-electron chi connectivity index (χ4n) is 1.05. The van der Waals surface area contributed by atoms with Crippen LogP contribution in [0, 0.1) is 0 Å². The highest BCUT2D eigenvalue weighted by molar-refractivity contribution is 6.39. The third kappa shape index (κ3) is 6.78. The minimum Gasteiger partial charge on any atom is -0.309 e. The normalized spacial score (nSPS) is 17.5. The first kappa shape index (κ1) is 11.4. The minimum absolute atomic E-state index is 0.829. The molecule has 0 atom stereocenters. The summed E-state index contributed by atoms with van der Waals surface area (Å²) in [5, 5.41) is 0. The van der Waals surface area contributed by atoms with Crippen molar-refractivity contribution in [3.63, 3.8) is 0 Å². The molecule has 11 heavy (non-hydrogen) atoms. The second-order valence-electron chi connectivity index (χ2n) is 4.42. The summed E-state index contributed by atoms with van der Waals surface area (Å²) in [4.78, 5) is 2.29. The van der Waals surface area contributed by atoms with Gasteiger partial charge in [-0.25, -0.2) is 0 Å². The lowest BCUT2D eigenvalue weighted by atomic mass is 10.2. The van der Waals surface area contributed by atoms with Gasteiger partial charge in [0.1, 0.15) is 0 Å². The summed E-state index contributed by atoms with van der Waals surface area (Å²) in [6.45, 7) is 3.61. The summed E-state index contributed by atoms with van der Waals surface area (Å²) in [7, 11) is 7.13. The zero-order chi connectivity index (χ0) is 8.91. The predicted molar refractivity (Wildman–Crippen MR) is 60.7 cm³/mol. The van der Waals surface area contributed by atoms with Gasteiger partial charge in [0.05, 0.1) is 0 Å². The fourth-order valence-corrected chi connectivity index (χ4v) is 1.76.